The van der Waals surface area contributed by atoms with Crippen molar-refractivity contribution in [3.05, 3.63) is 59.7 Å². The van der Waals surface area contributed by atoms with Crippen molar-refractivity contribution in [2.45, 2.75) is 24.9 Å². The number of aromatic nitrogens is 4. The molecule has 3 aromatic rings. The van der Waals surface area contributed by atoms with Crippen LogP contribution in [0.5, 0.6) is 0 Å². The first kappa shape index (κ1) is 18.1. The highest BCUT2D eigenvalue weighted by Gasteiger charge is 2.45. The first-order chi connectivity index (χ1) is 13.9. The molecule has 2 aliphatic rings. The molecule has 0 bridgehead atoms. The van der Waals surface area contributed by atoms with Crippen LogP contribution in [-0.4, -0.2) is 43.5 Å². The molecule has 29 heavy (non-hydrogen) atoms. The minimum atomic E-state index is -4.35. The molecule has 1 aliphatic carbocycles. The molecule has 3 heterocycles. The van der Waals surface area contributed by atoms with Crippen molar-refractivity contribution in [1.29, 1.82) is 0 Å². The molecule has 1 saturated heterocycles. The van der Waals surface area contributed by atoms with Gasteiger partial charge in [0.15, 0.2) is 0 Å². The number of nitrogens with zero attached hydrogens (tertiary/aromatic N) is 5. The van der Waals surface area contributed by atoms with Crippen LogP contribution >= 0.6 is 0 Å². The Kier molecular flexibility index (Phi) is 4.07. The minimum absolute atomic E-state index is 0.127. The highest BCUT2D eigenvalue weighted by atomic mass is 19.4. The van der Waals surface area contributed by atoms with E-state index in [2.05, 4.69) is 15.2 Å². The maximum absolute atomic E-state index is 13.4. The van der Waals surface area contributed by atoms with Gasteiger partial charge in [-0.3, -0.25) is 9.20 Å². The maximum atomic E-state index is 13.4. The summed E-state index contributed by atoms with van der Waals surface area (Å²) in [5, 5.41) is 7.88. The molecule has 1 saturated carbocycles. The van der Waals surface area contributed by atoms with E-state index < -0.39 is 11.7 Å². The number of likely N-dealkylation sites (tertiary alicyclic amines) is 1. The van der Waals surface area contributed by atoms with Gasteiger partial charge in [-0.1, -0.05) is 18.2 Å². The van der Waals surface area contributed by atoms with Crippen molar-refractivity contribution in [3.8, 4) is 0 Å². The van der Waals surface area contributed by atoms with Crippen molar-refractivity contribution >= 4 is 11.7 Å². The Labute approximate surface area is 164 Å². The normalized spacial score (nSPS) is 24.2. The van der Waals surface area contributed by atoms with E-state index in [1.54, 1.807) is 39.9 Å². The molecule has 2 aromatic heterocycles. The van der Waals surface area contributed by atoms with Gasteiger partial charge in [-0.15, -0.1) is 10.2 Å². The van der Waals surface area contributed by atoms with Crippen molar-refractivity contribution in [1.82, 2.24) is 24.5 Å². The quantitative estimate of drug-likeness (QED) is 0.660. The van der Waals surface area contributed by atoms with Crippen LogP contribution in [0.4, 0.5) is 13.2 Å². The van der Waals surface area contributed by atoms with Gasteiger partial charge in [0, 0.05) is 25.5 Å². The Morgan fingerprint density at radius 2 is 1.76 bits per heavy atom. The number of rotatable bonds is 2. The Balaban J connectivity index is 1.33. The summed E-state index contributed by atoms with van der Waals surface area (Å²) in [6, 6.07) is 7.55. The molecule has 3 atom stereocenters. The van der Waals surface area contributed by atoms with Gasteiger partial charge in [0.25, 0.3) is 11.7 Å². The number of carbonyl (C=O) groups is 1. The molecular formula is C20H18F3N5O. The van der Waals surface area contributed by atoms with Crippen molar-refractivity contribution < 1.29 is 18.0 Å². The molecule has 1 aromatic carbocycles. The van der Waals surface area contributed by atoms with Crippen LogP contribution in [-0.2, 0) is 6.18 Å². The second-order valence-corrected chi connectivity index (χ2v) is 7.80. The van der Waals surface area contributed by atoms with Crippen LogP contribution in [0.25, 0.3) is 5.78 Å². The summed E-state index contributed by atoms with van der Waals surface area (Å²) in [5.74, 6) is 0.626. The standard InChI is InChI=1S/C20H18F3N5O/c21-20(22,23)16-5-2-1-4-15(16)12-8-13-10-27(11-14(13)9-12)18(29)17-25-26-19-24-6-3-7-28(17)19/h1-7,12-14H,8-11H2/t12?,13-,14+. The van der Waals surface area contributed by atoms with Gasteiger partial charge in [-0.25, -0.2) is 4.98 Å². The molecular weight excluding hydrogens is 383 g/mol. The van der Waals surface area contributed by atoms with Crippen LogP contribution in [0, 0.1) is 11.8 Å². The lowest BCUT2D eigenvalue weighted by atomic mass is 9.91. The van der Waals surface area contributed by atoms with Crippen molar-refractivity contribution in [2.75, 3.05) is 13.1 Å². The number of fused-ring (bicyclic) bond motifs is 2. The molecule has 6 nitrogen and oxygen atoms in total. The number of carbonyl (C=O) groups excluding carboxylic acids is 1. The van der Waals surface area contributed by atoms with E-state index in [9.17, 15) is 18.0 Å². The zero-order valence-corrected chi connectivity index (χ0v) is 15.4. The number of amides is 1. The highest BCUT2D eigenvalue weighted by molar-refractivity contribution is 5.91. The van der Waals surface area contributed by atoms with E-state index in [-0.39, 0.29) is 29.5 Å². The topological polar surface area (TPSA) is 63.4 Å². The Bertz CT molecular complexity index is 1070. The average Bonchev–Trinajstić information content (AvgIpc) is 3.39. The average molecular weight is 401 g/mol. The van der Waals surface area contributed by atoms with Gasteiger partial charge in [0.2, 0.25) is 5.82 Å². The van der Waals surface area contributed by atoms with E-state index in [0.29, 0.717) is 37.3 Å². The van der Waals surface area contributed by atoms with Gasteiger partial charge in [-0.2, -0.15) is 13.2 Å². The third-order valence-electron chi connectivity index (χ3n) is 6.12. The zero-order chi connectivity index (χ0) is 20.2. The van der Waals surface area contributed by atoms with Gasteiger partial charge in [0.1, 0.15) is 0 Å². The third kappa shape index (κ3) is 3.04. The van der Waals surface area contributed by atoms with Crippen LogP contribution < -0.4 is 0 Å². The van der Waals surface area contributed by atoms with Gasteiger partial charge < -0.3 is 4.90 Å². The van der Waals surface area contributed by atoms with Crippen LogP contribution in [0.3, 0.4) is 0 Å². The predicted octanol–water partition coefficient (Wildman–Crippen LogP) is 3.41. The smallest absolute Gasteiger partial charge is 0.335 e. The molecule has 1 aliphatic heterocycles. The first-order valence-electron chi connectivity index (χ1n) is 9.53. The number of alkyl halides is 3. The maximum Gasteiger partial charge on any atom is 0.416 e. The summed E-state index contributed by atoms with van der Waals surface area (Å²) < 4.78 is 41.7. The van der Waals surface area contributed by atoms with E-state index in [1.807, 2.05) is 0 Å². The van der Waals surface area contributed by atoms with Crippen LogP contribution in [0.1, 0.15) is 40.5 Å². The van der Waals surface area contributed by atoms with Crippen molar-refractivity contribution in [3.63, 3.8) is 0 Å². The number of halogens is 3. The Morgan fingerprint density at radius 3 is 2.48 bits per heavy atom. The first-order valence-corrected chi connectivity index (χ1v) is 9.53. The molecule has 9 heteroatoms. The number of hydrogen-bond donors (Lipinski definition) is 0. The molecule has 0 radical (unpaired) electrons. The number of benzene rings is 1. The highest BCUT2D eigenvalue weighted by Crippen LogP contribution is 2.48. The largest absolute Gasteiger partial charge is 0.416 e. The summed E-state index contributed by atoms with van der Waals surface area (Å²) >= 11 is 0. The van der Waals surface area contributed by atoms with Crippen molar-refractivity contribution in [2.24, 2.45) is 11.8 Å². The fraction of sp³-hybridized carbons (Fsp3) is 0.400. The SMILES string of the molecule is O=C(c1nnc2ncccn12)N1C[C@H]2CC(c3ccccc3C(F)(F)F)C[C@H]2C1. The second-order valence-electron chi connectivity index (χ2n) is 7.80. The molecule has 5 rings (SSSR count). The zero-order valence-electron chi connectivity index (χ0n) is 15.4. The molecule has 2 fully saturated rings. The summed E-state index contributed by atoms with van der Waals surface area (Å²) in [7, 11) is 0. The van der Waals surface area contributed by atoms with E-state index >= 15 is 0 Å². The fourth-order valence-corrected chi connectivity index (χ4v) is 4.86. The lowest BCUT2D eigenvalue weighted by molar-refractivity contribution is -0.138. The Hall–Kier alpha value is -2.97. The van der Waals surface area contributed by atoms with Gasteiger partial charge >= 0.3 is 6.18 Å². The van der Waals surface area contributed by atoms with E-state index in [1.165, 1.54) is 6.07 Å². The lowest BCUT2D eigenvalue weighted by Crippen LogP contribution is -2.31. The molecule has 1 amide bonds. The van der Waals surface area contributed by atoms with Crippen LogP contribution in [0.15, 0.2) is 42.7 Å². The van der Waals surface area contributed by atoms with Gasteiger partial charge in [-0.05, 0) is 48.3 Å². The fourth-order valence-electron chi connectivity index (χ4n) is 4.86. The van der Waals surface area contributed by atoms with E-state index in [0.717, 1.165) is 6.07 Å². The molecule has 0 spiro atoms. The number of hydrogen-bond acceptors (Lipinski definition) is 4. The molecule has 150 valence electrons. The van der Waals surface area contributed by atoms with E-state index in [4.69, 9.17) is 0 Å². The van der Waals surface area contributed by atoms with Crippen LogP contribution in [0.2, 0.25) is 0 Å². The third-order valence-corrected chi connectivity index (χ3v) is 6.12. The Morgan fingerprint density at radius 1 is 1.03 bits per heavy atom. The molecule has 0 N–H and O–H groups in total. The summed E-state index contributed by atoms with van der Waals surface area (Å²) in [6.45, 7) is 1.06. The monoisotopic (exact) mass is 401 g/mol. The molecule has 1 unspecified atom stereocenters. The summed E-state index contributed by atoms with van der Waals surface area (Å²) in [6.07, 6.45) is 0.237. The summed E-state index contributed by atoms with van der Waals surface area (Å²) in [5.41, 5.74) is -0.165. The van der Waals surface area contributed by atoms with Gasteiger partial charge in [0.05, 0.1) is 5.56 Å². The predicted molar refractivity (Wildman–Crippen MR) is 97.1 cm³/mol. The lowest BCUT2D eigenvalue weighted by Gasteiger charge is -2.21. The second kappa shape index (κ2) is 6.53. The summed E-state index contributed by atoms with van der Waals surface area (Å²) in [4.78, 5) is 18.7. The minimum Gasteiger partial charge on any atom is -0.335 e.